The van der Waals surface area contributed by atoms with E-state index in [0.717, 1.165) is 5.56 Å². The lowest BCUT2D eigenvalue weighted by atomic mass is 10.0. The van der Waals surface area contributed by atoms with Crippen LogP contribution < -0.4 is 15.4 Å². The summed E-state index contributed by atoms with van der Waals surface area (Å²) in [7, 11) is 1.56. The molecule has 1 aromatic carbocycles. The molecular weight excluding hydrogens is 344 g/mol. The minimum Gasteiger partial charge on any atom is -0.477 e. The van der Waals surface area contributed by atoms with E-state index in [4.69, 9.17) is 5.26 Å². The normalized spacial score (nSPS) is 10.5. The number of aromatic hydroxyl groups is 1. The van der Waals surface area contributed by atoms with Crippen LogP contribution in [-0.4, -0.2) is 22.5 Å². The zero-order valence-electron chi connectivity index (χ0n) is 14.8. The summed E-state index contributed by atoms with van der Waals surface area (Å²) in [5.74, 6) is -0.339. The number of nitriles is 1. The number of aromatic nitrogens is 2. The molecule has 136 valence electrons. The third kappa shape index (κ3) is 3.51. The van der Waals surface area contributed by atoms with Crippen molar-refractivity contribution in [2.24, 2.45) is 0 Å². The molecule has 0 radical (unpaired) electrons. The molecule has 0 spiro atoms. The van der Waals surface area contributed by atoms with E-state index in [1.54, 1.807) is 60.3 Å². The Morgan fingerprint density at radius 2 is 2.11 bits per heavy atom. The Morgan fingerprint density at radius 1 is 1.30 bits per heavy atom. The highest BCUT2D eigenvalue weighted by Gasteiger charge is 2.24. The molecule has 3 aromatic rings. The van der Waals surface area contributed by atoms with Gasteiger partial charge in [-0.1, -0.05) is 30.3 Å². The zero-order chi connectivity index (χ0) is 19.4. The highest BCUT2D eigenvalue weighted by Crippen LogP contribution is 2.24. The second kappa shape index (κ2) is 7.70. The number of nitrogens with zero attached hydrogens (tertiary/aromatic N) is 3. The monoisotopic (exact) mass is 363 g/mol. The third-order valence-electron chi connectivity index (χ3n) is 4.33. The summed E-state index contributed by atoms with van der Waals surface area (Å²) in [5.41, 5.74) is 1.51. The Balaban J connectivity index is 2.23. The molecule has 0 fully saturated rings. The summed E-state index contributed by atoms with van der Waals surface area (Å²) in [4.78, 5) is 24.7. The first-order chi connectivity index (χ1) is 13.1. The van der Waals surface area contributed by atoms with Crippen molar-refractivity contribution in [2.45, 2.75) is 19.4 Å². The van der Waals surface area contributed by atoms with Crippen molar-refractivity contribution in [1.82, 2.24) is 9.72 Å². The van der Waals surface area contributed by atoms with Gasteiger partial charge in [0, 0.05) is 13.1 Å². The second-order valence-corrected chi connectivity index (χ2v) is 6.04. The number of likely N-dealkylation sites (N-methyl/N-ethyl adjacent to an activating group) is 1. The fourth-order valence-electron chi connectivity index (χ4n) is 3.03. The topological polar surface area (TPSA) is 98.5 Å². The van der Waals surface area contributed by atoms with Gasteiger partial charge >= 0.3 is 5.56 Å². The van der Waals surface area contributed by atoms with Gasteiger partial charge in [0.05, 0.1) is 25.1 Å². The van der Waals surface area contributed by atoms with E-state index >= 15 is 0 Å². The molecule has 0 bridgehead atoms. The van der Waals surface area contributed by atoms with E-state index in [0.29, 0.717) is 11.2 Å². The number of rotatable bonds is 5. The molecule has 0 saturated carbocycles. The lowest BCUT2D eigenvalue weighted by Crippen LogP contribution is -2.40. The number of carbonyl (C=O) groups excluding carboxylic acids is 1. The zero-order valence-corrected chi connectivity index (χ0v) is 14.8. The van der Waals surface area contributed by atoms with E-state index in [2.05, 4.69) is 11.4 Å². The maximum absolute atomic E-state index is 13.0. The van der Waals surface area contributed by atoms with E-state index < -0.39 is 0 Å². The molecular formula is C20H19N4O3+. The molecule has 3 rings (SSSR count). The molecule has 7 heteroatoms. The van der Waals surface area contributed by atoms with Crippen molar-refractivity contribution < 1.29 is 14.5 Å². The van der Waals surface area contributed by atoms with Crippen LogP contribution >= 0.6 is 0 Å². The number of nitrogens with one attached hydrogen (secondary N) is 1. The van der Waals surface area contributed by atoms with Crippen LogP contribution in [0.25, 0.3) is 16.8 Å². The molecule has 27 heavy (non-hydrogen) atoms. The van der Waals surface area contributed by atoms with Gasteiger partial charge < -0.3 is 10.4 Å². The molecule has 0 aliphatic rings. The number of benzene rings is 1. The largest absolute Gasteiger partial charge is 0.477 e. The maximum atomic E-state index is 13.0. The third-order valence-corrected chi connectivity index (χ3v) is 4.33. The van der Waals surface area contributed by atoms with Crippen LogP contribution in [0.15, 0.2) is 53.5 Å². The number of amides is 1. The Morgan fingerprint density at radius 3 is 2.85 bits per heavy atom. The first-order valence-electron chi connectivity index (χ1n) is 8.50. The van der Waals surface area contributed by atoms with Crippen molar-refractivity contribution in [3.63, 3.8) is 0 Å². The fourth-order valence-corrected chi connectivity index (χ4v) is 3.03. The first-order valence-corrected chi connectivity index (χ1v) is 8.50. The summed E-state index contributed by atoms with van der Waals surface area (Å²) < 4.78 is 2.99. The quantitative estimate of drug-likeness (QED) is 0.665. The van der Waals surface area contributed by atoms with Crippen LogP contribution in [-0.2, 0) is 17.8 Å². The van der Waals surface area contributed by atoms with Gasteiger partial charge in [-0.2, -0.15) is 14.2 Å². The molecule has 2 N–H and O–H groups in total. The molecule has 2 aromatic heterocycles. The number of carbonyl (C=O) groups is 1. The van der Waals surface area contributed by atoms with Gasteiger partial charge in [0.25, 0.3) is 11.5 Å². The van der Waals surface area contributed by atoms with Crippen LogP contribution in [0, 0.1) is 11.3 Å². The predicted molar refractivity (Wildman–Crippen MR) is 99.0 cm³/mol. The van der Waals surface area contributed by atoms with Crippen LogP contribution in [0.5, 0.6) is 5.88 Å². The SMILES string of the molecule is CNC(=O)Cc1cccc(-c2c(O)[n+](CCC#N)c3ccccn3c2=O)c1. The first kappa shape index (κ1) is 18.1. The molecule has 1 amide bonds. The van der Waals surface area contributed by atoms with Crippen molar-refractivity contribution in [2.75, 3.05) is 7.05 Å². The van der Waals surface area contributed by atoms with Crippen LogP contribution in [0.1, 0.15) is 12.0 Å². The lowest BCUT2D eigenvalue weighted by molar-refractivity contribution is -0.679. The van der Waals surface area contributed by atoms with Crippen LogP contribution in [0.3, 0.4) is 0 Å². The fraction of sp³-hybridized carbons (Fsp3) is 0.200. The van der Waals surface area contributed by atoms with Crippen LogP contribution in [0.2, 0.25) is 0 Å². The van der Waals surface area contributed by atoms with Gasteiger partial charge in [-0.05, 0) is 17.2 Å². The van der Waals surface area contributed by atoms with Gasteiger partial charge in [-0.25, -0.2) is 4.79 Å². The highest BCUT2D eigenvalue weighted by atomic mass is 16.3. The standard InChI is InChI=1S/C20H18N4O3/c1-22-16(25)13-14-6-4-7-15(12-14)18-19(26)23-10-3-2-8-17(23)24(20(18)27)11-5-9-21/h2-4,6-8,10,12H,5,11,13H2,1H3,(H-,22,25,26,27)/p+1. The number of aryl methyl sites for hydroxylation is 1. The van der Waals surface area contributed by atoms with Gasteiger partial charge in [-0.3, -0.25) is 4.79 Å². The number of hydrogen-bond donors (Lipinski definition) is 2. The Hall–Kier alpha value is -3.66. The Bertz CT molecular complexity index is 1110. The molecule has 0 saturated heterocycles. The summed E-state index contributed by atoms with van der Waals surface area (Å²) in [5, 5.41) is 22.3. The summed E-state index contributed by atoms with van der Waals surface area (Å²) in [6.45, 7) is 0.251. The molecule has 7 nitrogen and oxygen atoms in total. The second-order valence-electron chi connectivity index (χ2n) is 6.04. The Labute approximate surface area is 155 Å². The Kier molecular flexibility index (Phi) is 5.18. The number of fused-ring (bicyclic) bond motifs is 1. The van der Waals surface area contributed by atoms with E-state index in [1.165, 1.54) is 4.40 Å². The number of hydrogen-bond acceptors (Lipinski definition) is 4. The smallest absolute Gasteiger partial charge is 0.354 e. The van der Waals surface area contributed by atoms with E-state index in [-0.39, 0.29) is 42.3 Å². The summed E-state index contributed by atoms with van der Waals surface area (Å²) in [6.07, 6.45) is 1.99. The van der Waals surface area contributed by atoms with Crippen LogP contribution in [0.4, 0.5) is 0 Å². The summed E-state index contributed by atoms with van der Waals surface area (Å²) in [6, 6.07) is 14.2. The van der Waals surface area contributed by atoms with Gasteiger partial charge in [0.15, 0.2) is 5.56 Å². The van der Waals surface area contributed by atoms with Crippen molar-refractivity contribution in [1.29, 1.82) is 5.26 Å². The molecule has 0 unspecified atom stereocenters. The average molecular weight is 363 g/mol. The summed E-state index contributed by atoms with van der Waals surface area (Å²) >= 11 is 0. The van der Waals surface area contributed by atoms with Crippen molar-refractivity contribution >= 4 is 11.6 Å². The minimum absolute atomic E-state index is 0.135. The van der Waals surface area contributed by atoms with Crippen molar-refractivity contribution in [3.05, 3.63) is 64.6 Å². The van der Waals surface area contributed by atoms with E-state index in [1.807, 2.05) is 0 Å². The number of pyridine rings is 1. The molecule has 0 atom stereocenters. The van der Waals surface area contributed by atoms with Crippen molar-refractivity contribution in [3.8, 4) is 23.1 Å². The lowest BCUT2D eigenvalue weighted by Gasteiger charge is -2.10. The molecule has 0 aliphatic heterocycles. The van der Waals surface area contributed by atoms with E-state index in [9.17, 15) is 14.7 Å². The van der Waals surface area contributed by atoms with Gasteiger partial charge in [0.1, 0.15) is 6.54 Å². The minimum atomic E-state index is -0.367. The average Bonchev–Trinajstić information content (AvgIpc) is 2.68. The molecule has 0 aliphatic carbocycles. The van der Waals surface area contributed by atoms with Gasteiger partial charge in [0.2, 0.25) is 5.91 Å². The predicted octanol–water partition coefficient (Wildman–Crippen LogP) is 1.16. The van der Waals surface area contributed by atoms with Gasteiger partial charge in [-0.15, -0.1) is 0 Å². The highest BCUT2D eigenvalue weighted by molar-refractivity contribution is 5.79. The maximum Gasteiger partial charge on any atom is 0.354 e. The molecule has 2 heterocycles.